The second-order valence-electron chi connectivity index (χ2n) is 6.75. The minimum Gasteiger partial charge on any atom is -0.382 e. The maximum atomic E-state index is 13.0. The summed E-state index contributed by atoms with van der Waals surface area (Å²) in [4.78, 5) is 50.2. The van der Waals surface area contributed by atoms with E-state index in [0.29, 0.717) is 25.4 Å². The minimum absolute atomic E-state index is 0.0342. The topological polar surface area (TPSA) is 117 Å². The molecule has 1 aromatic rings. The summed E-state index contributed by atoms with van der Waals surface area (Å²) in [6.07, 6.45) is 0.203. The van der Waals surface area contributed by atoms with Gasteiger partial charge < -0.3 is 15.4 Å². The molecule has 27 heavy (non-hydrogen) atoms. The first-order valence-electron chi connectivity index (χ1n) is 8.97. The van der Waals surface area contributed by atoms with Crippen LogP contribution >= 0.6 is 0 Å². The predicted octanol–water partition coefficient (Wildman–Crippen LogP) is -0.512. The molecule has 2 saturated heterocycles. The summed E-state index contributed by atoms with van der Waals surface area (Å²) in [6.45, 7) is 2.63. The highest BCUT2D eigenvalue weighted by molar-refractivity contribution is 6.25. The molecule has 0 bridgehead atoms. The molecule has 0 spiro atoms. The standard InChI is InChI=1S/C18H20N4O5/c23-14-5-4-13(16(24)21-14)22-17(25)11-2-1-3-12(15(11)18(22)26)20-9-10-8-19-6-7-27-10/h1-3,10,13,19-20H,4-9H2,(H,21,23,24)/t10-,13?/m1/s1. The van der Waals surface area contributed by atoms with Gasteiger partial charge >= 0.3 is 0 Å². The van der Waals surface area contributed by atoms with E-state index in [2.05, 4.69) is 16.0 Å². The fraction of sp³-hybridized carbons (Fsp3) is 0.444. The van der Waals surface area contributed by atoms with E-state index in [9.17, 15) is 19.2 Å². The van der Waals surface area contributed by atoms with Gasteiger partial charge in [0.1, 0.15) is 6.04 Å². The highest BCUT2D eigenvalue weighted by atomic mass is 16.5. The number of hydrogen-bond acceptors (Lipinski definition) is 7. The summed E-state index contributed by atoms with van der Waals surface area (Å²) in [5, 5.41) is 8.61. The molecule has 2 atom stereocenters. The van der Waals surface area contributed by atoms with Crippen molar-refractivity contribution in [3.05, 3.63) is 29.3 Å². The molecule has 3 N–H and O–H groups in total. The van der Waals surface area contributed by atoms with Gasteiger partial charge in [0.15, 0.2) is 0 Å². The van der Waals surface area contributed by atoms with Crippen molar-refractivity contribution in [1.29, 1.82) is 0 Å². The molecule has 3 aliphatic heterocycles. The molecule has 142 valence electrons. The molecule has 9 nitrogen and oxygen atoms in total. The van der Waals surface area contributed by atoms with Crippen molar-refractivity contribution in [2.24, 2.45) is 0 Å². The number of morpholine rings is 1. The number of amides is 4. The molecule has 3 heterocycles. The zero-order valence-electron chi connectivity index (χ0n) is 14.6. The Kier molecular flexibility index (Phi) is 4.63. The second kappa shape index (κ2) is 7.09. The Balaban J connectivity index is 1.55. The van der Waals surface area contributed by atoms with E-state index in [0.717, 1.165) is 11.4 Å². The third-order valence-corrected chi connectivity index (χ3v) is 4.99. The first-order chi connectivity index (χ1) is 13.1. The number of nitrogens with zero attached hydrogens (tertiary/aromatic N) is 1. The number of carbonyl (C=O) groups is 4. The van der Waals surface area contributed by atoms with E-state index < -0.39 is 29.7 Å². The molecule has 4 rings (SSSR count). The normalized spacial score (nSPS) is 25.4. The Morgan fingerprint density at radius 1 is 1.19 bits per heavy atom. The highest BCUT2D eigenvalue weighted by Crippen LogP contribution is 2.32. The molecular weight excluding hydrogens is 352 g/mol. The molecule has 0 aliphatic carbocycles. The Labute approximate surface area is 155 Å². The van der Waals surface area contributed by atoms with Crippen LogP contribution in [0.4, 0.5) is 5.69 Å². The van der Waals surface area contributed by atoms with Gasteiger partial charge in [-0.3, -0.25) is 29.4 Å². The zero-order chi connectivity index (χ0) is 19.0. The average molecular weight is 372 g/mol. The Hall–Kier alpha value is -2.78. The number of carbonyl (C=O) groups excluding carboxylic acids is 4. The number of hydrogen-bond donors (Lipinski definition) is 3. The van der Waals surface area contributed by atoms with E-state index in [-0.39, 0.29) is 30.1 Å². The lowest BCUT2D eigenvalue weighted by atomic mass is 10.0. The van der Waals surface area contributed by atoms with E-state index in [1.54, 1.807) is 18.2 Å². The van der Waals surface area contributed by atoms with Crippen molar-refractivity contribution in [3.8, 4) is 0 Å². The van der Waals surface area contributed by atoms with Crippen LogP contribution < -0.4 is 16.0 Å². The molecule has 2 fully saturated rings. The van der Waals surface area contributed by atoms with Gasteiger partial charge in [-0.2, -0.15) is 0 Å². The fourth-order valence-electron chi connectivity index (χ4n) is 3.64. The summed E-state index contributed by atoms with van der Waals surface area (Å²) >= 11 is 0. The minimum atomic E-state index is -0.964. The lowest BCUT2D eigenvalue weighted by molar-refractivity contribution is -0.136. The zero-order valence-corrected chi connectivity index (χ0v) is 14.6. The molecule has 4 amide bonds. The monoisotopic (exact) mass is 372 g/mol. The van der Waals surface area contributed by atoms with Crippen LogP contribution in [-0.4, -0.2) is 66.9 Å². The number of rotatable bonds is 4. The molecule has 9 heteroatoms. The summed E-state index contributed by atoms with van der Waals surface area (Å²) in [5.41, 5.74) is 1.06. The lowest BCUT2D eigenvalue weighted by Crippen LogP contribution is -2.54. The van der Waals surface area contributed by atoms with Crippen molar-refractivity contribution < 1.29 is 23.9 Å². The average Bonchev–Trinajstić information content (AvgIpc) is 2.93. The van der Waals surface area contributed by atoms with Crippen LogP contribution in [0.1, 0.15) is 33.6 Å². The molecule has 1 aromatic carbocycles. The van der Waals surface area contributed by atoms with E-state index in [4.69, 9.17) is 4.74 Å². The van der Waals surface area contributed by atoms with Crippen molar-refractivity contribution in [1.82, 2.24) is 15.5 Å². The van der Waals surface area contributed by atoms with Gasteiger partial charge in [-0.25, -0.2) is 0 Å². The number of anilines is 1. The van der Waals surface area contributed by atoms with Crippen LogP contribution in [0.15, 0.2) is 18.2 Å². The van der Waals surface area contributed by atoms with Crippen LogP contribution in [0.25, 0.3) is 0 Å². The van der Waals surface area contributed by atoms with Crippen molar-refractivity contribution >= 4 is 29.3 Å². The van der Waals surface area contributed by atoms with Crippen LogP contribution in [-0.2, 0) is 14.3 Å². The summed E-state index contributed by atoms with van der Waals surface area (Å²) < 4.78 is 5.64. The maximum Gasteiger partial charge on any atom is 0.264 e. The number of ether oxygens (including phenoxy) is 1. The largest absolute Gasteiger partial charge is 0.382 e. The summed E-state index contributed by atoms with van der Waals surface area (Å²) in [5.74, 6) is -2.03. The summed E-state index contributed by atoms with van der Waals surface area (Å²) in [7, 11) is 0. The van der Waals surface area contributed by atoms with Crippen LogP contribution in [0, 0.1) is 0 Å². The smallest absolute Gasteiger partial charge is 0.264 e. The third kappa shape index (κ3) is 3.19. The highest BCUT2D eigenvalue weighted by Gasteiger charge is 2.45. The fourth-order valence-corrected chi connectivity index (χ4v) is 3.64. The first-order valence-corrected chi connectivity index (χ1v) is 8.97. The molecule has 1 unspecified atom stereocenters. The summed E-state index contributed by atoms with van der Waals surface area (Å²) in [6, 6.07) is 4.04. The Bertz CT molecular complexity index is 818. The Morgan fingerprint density at radius 2 is 2.04 bits per heavy atom. The number of nitrogens with one attached hydrogen (secondary N) is 3. The molecule has 0 radical (unpaired) electrons. The molecular formula is C18H20N4O5. The SMILES string of the molecule is O=C1CCC(N2C(=O)c3cccc(NC[C@H]4CNCCO4)c3C2=O)C(=O)N1. The number of fused-ring (bicyclic) bond motifs is 1. The van der Waals surface area contributed by atoms with Gasteiger partial charge in [-0.1, -0.05) is 6.07 Å². The van der Waals surface area contributed by atoms with E-state index in [1.807, 2.05) is 0 Å². The lowest BCUT2D eigenvalue weighted by Gasteiger charge is -2.28. The number of piperidine rings is 1. The maximum absolute atomic E-state index is 13.0. The number of benzene rings is 1. The first kappa shape index (κ1) is 17.6. The van der Waals surface area contributed by atoms with Gasteiger partial charge in [-0.05, 0) is 18.6 Å². The third-order valence-electron chi connectivity index (χ3n) is 4.99. The van der Waals surface area contributed by atoms with Gasteiger partial charge in [0, 0.05) is 31.7 Å². The van der Waals surface area contributed by atoms with Crippen molar-refractivity contribution in [2.45, 2.75) is 25.0 Å². The van der Waals surface area contributed by atoms with Gasteiger partial charge in [0.05, 0.1) is 23.8 Å². The number of imide groups is 2. The van der Waals surface area contributed by atoms with E-state index in [1.165, 1.54) is 0 Å². The van der Waals surface area contributed by atoms with Gasteiger partial charge in [0.2, 0.25) is 11.8 Å². The second-order valence-corrected chi connectivity index (χ2v) is 6.75. The molecule has 3 aliphatic rings. The quantitative estimate of drug-likeness (QED) is 0.610. The molecule has 0 aromatic heterocycles. The van der Waals surface area contributed by atoms with Gasteiger partial charge in [0.25, 0.3) is 11.8 Å². The van der Waals surface area contributed by atoms with Crippen molar-refractivity contribution in [3.63, 3.8) is 0 Å². The predicted molar refractivity (Wildman–Crippen MR) is 94.2 cm³/mol. The van der Waals surface area contributed by atoms with Crippen LogP contribution in [0.5, 0.6) is 0 Å². The van der Waals surface area contributed by atoms with E-state index >= 15 is 0 Å². The molecule has 0 saturated carbocycles. The van der Waals surface area contributed by atoms with Crippen LogP contribution in [0.2, 0.25) is 0 Å². The van der Waals surface area contributed by atoms with Crippen LogP contribution in [0.3, 0.4) is 0 Å². The van der Waals surface area contributed by atoms with Crippen molar-refractivity contribution in [2.75, 3.05) is 31.6 Å². The Morgan fingerprint density at radius 3 is 2.78 bits per heavy atom. The van der Waals surface area contributed by atoms with Gasteiger partial charge in [-0.15, -0.1) is 0 Å².